The molecule has 2 atom stereocenters. The van der Waals surface area contributed by atoms with Crippen LogP contribution in [0.3, 0.4) is 0 Å². The maximum absolute atomic E-state index is 12.3. The van der Waals surface area contributed by atoms with Gasteiger partial charge in [-0.25, -0.2) is 4.79 Å². The summed E-state index contributed by atoms with van der Waals surface area (Å²) in [6.07, 6.45) is 3.72. The van der Waals surface area contributed by atoms with Crippen LogP contribution in [-0.2, 0) is 27.7 Å². The largest absolute Gasteiger partial charge is 0.379 e. The molecule has 2 N–H and O–H groups in total. The van der Waals surface area contributed by atoms with Crippen LogP contribution in [0.1, 0.15) is 25.8 Å². The van der Waals surface area contributed by atoms with Gasteiger partial charge in [0.15, 0.2) is 0 Å². The van der Waals surface area contributed by atoms with Gasteiger partial charge in [0.1, 0.15) is 0 Å². The molecular weight excluding hydrogens is 326 g/mol. The van der Waals surface area contributed by atoms with Crippen molar-refractivity contribution in [2.75, 3.05) is 19.8 Å². The minimum atomic E-state index is -0.512. The van der Waals surface area contributed by atoms with Crippen LogP contribution in [0.25, 0.3) is 0 Å². The Labute approximate surface area is 145 Å². The van der Waals surface area contributed by atoms with Gasteiger partial charge in [-0.3, -0.25) is 14.2 Å². The lowest BCUT2D eigenvalue weighted by atomic mass is 10.1. The van der Waals surface area contributed by atoms with E-state index < -0.39 is 11.2 Å². The van der Waals surface area contributed by atoms with Crippen molar-refractivity contribution in [3.63, 3.8) is 0 Å². The summed E-state index contributed by atoms with van der Waals surface area (Å²) >= 11 is 0. The molecule has 2 heterocycles. The van der Waals surface area contributed by atoms with Gasteiger partial charge < -0.3 is 19.8 Å². The average Bonchev–Trinajstić information content (AvgIpc) is 2.57. The molecule has 1 fully saturated rings. The Balaban J connectivity index is 1.98. The predicted molar refractivity (Wildman–Crippen MR) is 92.5 cm³/mol. The number of amides is 1. The fourth-order valence-corrected chi connectivity index (χ4v) is 2.56. The third-order valence-corrected chi connectivity index (χ3v) is 4.05. The van der Waals surface area contributed by atoms with E-state index >= 15 is 0 Å². The quantitative estimate of drug-likeness (QED) is 0.695. The Hall–Kier alpha value is -2.19. The Morgan fingerprint density at radius 2 is 2.24 bits per heavy atom. The lowest BCUT2D eigenvalue weighted by Crippen LogP contribution is -2.51. The molecule has 1 amide bonds. The zero-order valence-corrected chi connectivity index (χ0v) is 14.8. The molecule has 25 heavy (non-hydrogen) atoms. The van der Waals surface area contributed by atoms with Crippen LogP contribution in [-0.4, -0.2) is 47.4 Å². The molecule has 0 unspecified atom stereocenters. The molecule has 0 spiro atoms. The zero-order valence-electron chi connectivity index (χ0n) is 14.8. The van der Waals surface area contributed by atoms with Crippen molar-refractivity contribution < 1.29 is 14.3 Å². The van der Waals surface area contributed by atoms with Crippen molar-refractivity contribution in [1.82, 2.24) is 14.9 Å². The highest BCUT2D eigenvalue weighted by molar-refractivity contribution is 5.78. The number of hydrogen-bond acceptors (Lipinski definition) is 5. The van der Waals surface area contributed by atoms with Crippen molar-refractivity contribution in [3.05, 3.63) is 44.2 Å². The van der Waals surface area contributed by atoms with E-state index in [0.717, 1.165) is 4.57 Å². The summed E-state index contributed by atoms with van der Waals surface area (Å²) in [6.45, 7) is 5.44. The summed E-state index contributed by atoms with van der Waals surface area (Å²) in [6, 6.07) is -0.265. The molecule has 0 bridgehead atoms. The number of H-pyrrole nitrogens is 1. The highest BCUT2D eigenvalue weighted by Crippen LogP contribution is 2.12. The highest BCUT2D eigenvalue weighted by atomic mass is 16.5. The van der Waals surface area contributed by atoms with E-state index in [4.69, 9.17) is 9.47 Å². The normalized spacial score (nSPS) is 20.1. The first-order valence-electron chi connectivity index (χ1n) is 8.28. The number of allylic oxidation sites excluding steroid dienone is 1. The molecule has 8 heteroatoms. The van der Waals surface area contributed by atoms with Crippen molar-refractivity contribution >= 4 is 5.91 Å². The van der Waals surface area contributed by atoms with Crippen molar-refractivity contribution in [3.8, 4) is 0 Å². The number of nitrogens with one attached hydrogen (secondary N) is 2. The summed E-state index contributed by atoms with van der Waals surface area (Å²) < 4.78 is 12.2. The van der Waals surface area contributed by atoms with Crippen LogP contribution in [0.5, 0.6) is 0 Å². The molecule has 8 nitrogen and oxygen atoms in total. The Kier molecular flexibility index (Phi) is 6.72. The molecule has 0 radical (unpaired) electrons. The smallest absolute Gasteiger partial charge is 0.328 e. The average molecular weight is 351 g/mol. The van der Waals surface area contributed by atoms with Crippen molar-refractivity contribution in [2.24, 2.45) is 7.05 Å². The van der Waals surface area contributed by atoms with Gasteiger partial charge in [0.25, 0.3) is 5.56 Å². The zero-order chi connectivity index (χ0) is 18.4. The minimum Gasteiger partial charge on any atom is -0.379 e. The van der Waals surface area contributed by atoms with E-state index in [-0.39, 0.29) is 30.0 Å². The topological polar surface area (TPSA) is 102 Å². The highest BCUT2D eigenvalue weighted by Gasteiger charge is 2.28. The lowest BCUT2D eigenvalue weighted by molar-refractivity contribution is -0.125. The summed E-state index contributed by atoms with van der Waals surface area (Å²) in [5, 5.41) is 2.87. The molecule has 1 aromatic heterocycles. The Bertz CT molecular complexity index is 745. The SMILES string of the molecule is CC(C)=CCO[C@H]1CCOC[C@H]1NC(=O)Cc1c[nH]c(=O)n(C)c1=O. The standard InChI is InChI=1S/C17H25N3O5/c1-11(2)4-7-25-14-5-6-24-10-13(14)19-15(21)8-12-9-18-17(23)20(3)16(12)22/h4,9,13-14H,5-8,10H2,1-3H3,(H,18,23)(H,19,21)/t13-,14+/m1/s1. The molecule has 1 aromatic rings. The summed E-state index contributed by atoms with van der Waals surface area (Å²) in [4.78, 5) is 38.1. The maximum atomic E-state index is 12.3. The third kappa shape index (κ3) is 5.40. The molecule has 1 aliphatic heterocycles. The summed E-state index contributed by atoms with van der Waals surface area (Å²) in [5.74, 6) is -0.310. The minimum absolute atomic E-state index is 0.110. The van der Waals surface area contributed by atoms with E-state index in [1.807, 2.05) is 19.9 Å². The Morgan fingerprint density at radius 1 is 1.48 bits per heavy atom. The van der Waals surface area contributed by atoms with E-state index in [2.05, 4.69) is 10.3 Å². The third-order valence-electron chi connectivity index (χ3n) is 4.05. The number of carbonyl (C=O) groups is 1. The van der Waals surface area contributed by atoms with Gasteiger partial charge in [-0.2, -0.15) is 0 Å². The van der Waals surface area contributed by atoms with E-state index in [0.29, 0.717) is 26.2 Å². The summed E-state index contributed by atoms with van der Waals surface area (Å²) in [5.41, 5.74) is 0.414. The second-order valence-electron chi connectivity index (χ2n) is 6.35. The van der Waals surface area contributed by atoms with E-state index in [1.165, 1.54) is 18.8 Å². The van der Waals surface area contributed by atoms with Crippen molar-refractivity contribution in [1.29, 1.82) is 0 Å². The number of hydrogen-bond donors (Lipinski definition) is 2. The van der Waals surface area contributed by atoms with E-state index in [9.17, 15) is 14.4 Å². The van der Waals surface area contributed by atoms with Gasteiger partial charge in [0.05, 0.1) is 31.8 Å². The monoisotopic (exact) mass is 351 g/mol. The van der Waals surface area contributed by atoms with E-state index in [1.54, 1.807) is 0 Å². The molecular formula is C17H25N3O5. The summed E-state index contributed by atoms with van der Waals surface area (Å²) in [7, 11) is 1.37. The molecule has 2 rings (SSSR count). The molecule has 0 aromatic carbocycles. The first-order chi connectivity index (χ1) is 11.9. The first-order valence-corrected chi connectivity index (χ1v) is 8.28. The van der Waals surface area contributed by atoms with Crippen LogP contribution < -0.4 is 16.6 Å². The van der Waals surface area contributed by atoms with Gasteiger partial charge in [0.2, 0.25) is 5.91 Å². The van der Waals surface area contributed by atoms with Crippen LogP contribution in [0, 0.1) is 0 Å². The van der Waals surface area contributed by atoms with Gasteiger partial charge in [0, 0.05) is 25.4 Å². The number of nitrogens with zero attached hydrogens (tertiary/aromatic N) is 1. The lowest BCUT2D eigenvalue weighted by Gasteiger charge is -2.31. The molecule has 138 valence electrons. The first kappa shape index (κ1) is 19.1. The number of aromatic amines is 1. The van der Waals surface area contributed by atoms with Crippen LogP contribution in [0.15, 0.2) is 27.4 Å². The van der Waals surface area contributed by atoms with Gasteiger partial charge in [-0.1, -0.05) is 11.6 Å². The fraction of sp³-hybridized carbons (Fsp3) is 0.588. The number of rotatable bonds is 6. The second-order valence-corrected chi connectivity index (χ2v) is 6.35. The number of aromatic nitrogens is 2. The predicted octanol–water partition coefficient (Wildman–Crippen LogP) is -0.127. The number of ether oxygens (including phenoxy) is 2. The Morgan fingerprint density at radius 3 is 2.96 bits per heavy atom. The van der Waals surface area contributed by atoms with Gasteiger partial charge in [-0.05, 0) is 20.3 Å². The molecule has 0 saturated carbocycles. The van der Waals surface area contributed by atoms with Crippen LogP contribution >= 0.6 is 0 Å². The van der Waals surface area contributed by atoms with Crippen LogP contribution in [0.4, 0.5) is 0 Å². The van der Waals surface area contributed by atoms with Gasteiger partial charge >= 0.3 is 5.69 Å². The number of carbonyl (C=O) groups excluding carboxylic acids is 1. The molecule has 1 aliphatic rings. The maximum Gasteiger partial charge on any atom is 0.328 e. The van der Waals surface area contributed by atoms with Crippen molar-refractivity contribution in [2.45, 2.75) is 38.8 Å². The fourth-order valence-electron chi connectivity index (χ4n) is 2.56. The van der Waals surface area contributed by atoms with Gasteiger partial charge in [-0.15, -0.1) is 0 Å². The molecule has 1 saturated heterocycles. The van der Waals surface area contributed by atoms with Crippen LogP contribution in [0.2, 0.25) is 0 Å². The molecule has 0 aliphatic carbocycles. The second kappa shape index (κ2) is 8.77.